The number of carbonyl (C=O) groups is 1. The van der Waals surface area contributed by atoms with Crippen molar-refractivity contribution in [1.29, 1.82) is 0 Å². The van der Waals surface area contributed by atoms with Crippen molar-refractivity contribution in [3.8, 4) is 0 Å². The summed E-state index contributed by atoms with van der Waals surface area (Å²) < 4.78 is 113. The van der Waals surface area contributed by atoms with E-state index in [1.54, 1.807) is 0 Å². The second-order valence-corrected chi connectivity index (χ2v) is 8.02. The van der Waals surface area contributed by atoms with E-state index < -0.39 is 39.8 Å². The van der Waals surface area contributed by atoms with E-state index in [0.717, 1.165) is 51.0 Å². The molecule has 0 heterocycles. The highest BCUT2D eigenvalue weighted by molar-refractivity contribution is 7.85. The Morgan fingerprint density at radius 2 is 1.34 bits per heavy atom. The maximum atomic E-state index is 13.0. The van der Waals surface area contributed by atoms with Crippen LogP contribution < -0.4 is 0 Å². The van der Waals surface area contributed by atoms with E-state index in [1.807, 2.05) is 0 Å². The number of esters is 1. The number of rotatable bonds is 13. The normalized spacial score (nSPS) is 13.8. The first-order valence-electron chi connectivity index (χ1n) is 9.13. The number of unbranched alkanes of at least 4 members (excludes halogenated alkanes) is 8. The second-order valence-electron chi connectivity index (χ2n) is 6.61. The maximum Gasteiger partial charge on any atom is 0.438 e. The summed E-state index contributed by atoms with van der Waals surface area (Å²) in [5.41, 5.74) is -5.43. The Labute approximate surface area is 166 Å². The van der Waals surface area contributed by atoms with Gasteiger partial charge in [-0.1, -0.05) is 57.9 Å². The summed E-state index contributed by atoms with van der Waals surface area (Å²) in [5, 5.41) is 0. The summed E-state index contributed by atoms with van der Waals surface area (Å²) >= 11 is 0. The van der Waals surface area contributed by atoms with E-state index in [9.17, 15) is 44.1 Å². The number of alkyl halides is 6. The minimum Gasteiger partial charge on any atom is -0.748 e. The number of allylic oxidation sites excluding steroid dienone is 1. The summed E-state index contributed by atoms with van der Waals surface area (Å²) in [5.74, 6) is -5.03. The van der Waals surface area contributed by atoms with Crippen LogP contribution in [0.15, 0.2) is 12.2 Å². The molecule has 0 fully saturated rings. The predicted molar refractivity (Wildman–Crippen MR) is 91.9 cm³/mol. The molecule has 0 aromatic heterocycles. The van der Waals surface area contributed by atoms with Gasteiger partial charge in [-0.3, -0.25) is 0 Å². The van der Waals surface area contributed by atoms with E-state index in [-0.39, 0.29) is 6.42 Å². The Kier molecular flexibility index (Phi) is 11.2. The molecule has 0 rings (SSSR count). The van der Waals surface area contributed by atoms with Gasteiger partial charge in [-0.25, -0.2) is 13.2 Å². The van der Waals surface area contributed by atoms with E-state index in [1.165, 1.54) is 0 Å². The van der Waals surface area contributed by atoms with Gasteiger partial charge in [0.25, 0.3) is 0 Å². The van der Waals surface area contributed by atoms with Crippen LogP contribution in [0.4, 0.5) is 26.3 Å². The Morgan fingerprint density at radius 1 is 0.897 bits per heavy atom. The van der Waals surface area contributed by atoms with Gasteiger partial charge in [0.1, 0.15) is 0 Å². The number of halogens is 6. The highest BCUT2D eigenvalue weighted by atomic mass is 32.2. The first-order valence-corrected chi connectivity index (χ1v) is 10.7. The van der Waals surface area contributed by atoms with Gasteiger partial charge in [0, 0.05) is 6.08 Å². The molecule has 0 amide bonds. The Morgan fingerprint density at radius 3 is 1.76 bits per heavy atom. The van der Waals surface area contributed by atoms with Crippen molar-refractivity contribution in [3.63, 3.8) is 0 Å². The Bertz CT molecular complexity index is 611. The molecule has 0 bridgehead atoms. The van der Waals surface area contributed by atoms with E-state index in [0.29, 0.717) is 12.5 Å². The topological polar surface area (TPSA) is 83.5 Å². The lowest BCUT2D eigenvalue weighted by Gasteiger charge is -2.36. The predicted octanol–water partition coefficient (Wildman–Crippen LogP) is 5.03. The largest absolute Gasteiger partial charge is 0.748 e. The third kappa shape index (κ3) is 10.3. The van der Waals surface area contributed by atoms with E-state index >= 15 is 0 Å². The van der Waals surface area contributed by atoms with Crippen molar-refractivity contribution in [1.82, 2.24) is 0 Å². The van der Waals surface area contributed by atoms with Crippen LogP contribution in [0.5, 0.6) is 0 Å². The van der Waals surface area contributed by atoms with Crippen LogP contribution in [-0.2, 0) is 19.6 Å². The molecule has 172 valence electrons. The van der Waals surface area contributed by atoms with Crippen LogP contribution in [0.2, 0.25) is 0 Å². The summed E-state index contributed by atoms with van der Waals surface area (Å²) in [6.45, 7) is 2.09. The van der Waals surface area contributed by atoms with Crippen LogP contribution in [0.25, 0.3) is 0 Å². The fourth-order valence-corrected chi connectivity index (χ4v) is 3.38. The summed E-state index contributed by atoms with van der Waals surface area (Å²) in [4.78, 5) is 11.5. The molecule has 0 saturated heterocycles. The zero-order valence-corrected chi connectivity index (χ0v) is 16.8. The first kappa shape index (κ1) is 27.7. The fourth-order valence-electron chi connectivity index (χ4n) is 2.50. The van der Waals surface area contributed by atoms with Gasteiger partial charge in [-0.2, -0.15) is 26.3 Å². The van der Waals surface area contributed by atoms with Crippen molar-refractivity contribution in [2.75, 3.05) is 5.75 Å². The fraction of sp³-hybridized carbons (Fsp3) is 0.824. The monoisotopic (exact) mass is 455 g/mol. The molecule has 0 radical (unpaired) electrons. The minimum absolute atomic E-state index is 0.217. The van der Waals surface area contributed by atoms with Crippen LogP contribution >= 0.6 is 0 Å². The van der Waals surface area contributed by atoms with Gasteiger partial charge in [0.15, 0.2) is 0 Å². The van der Waals surface area contributed by atoms with Gasteiger partial charge < -0.3 is 9.29 Å². The second kappa shape index (κ2) is 11.8. The number of ether oxygens (including phenoxy) is 1. The molecule has 0 N–H and O–H groups in total. The summed E-state index contributed by atoms with van der Waals surface area (Å²) in [6, 6.07) is 0. The summed E-state index contributed by atoms with van der Waals surface area (Å²) in [6.07, 6.45) is -3.36. The molecule has 0 atom stereocenters. The van der Waals surface area contributed by atoms with Crippen LogP contribution in [-0.4, -0.2) is 42.6 Å². The third-order valence-electron chi connectivity index (χ3n) is 4.05. The van der Waals surface area contributed by atoms with Crippen molar-refractivity contribution in [3.05, 3.63) is 12.2 Å². The van der Waals surface area contributed by atoms with Gasteiger partial charge in [0.05, 0.1) is 15.9 Å². The number of carbonyl (C=O) groups excluding carboxylic acids is 1. The average molecular weight is 455 g/mol. The van der Waals surface area contributed by atoms with Crippen LogP contribution in [0.1, 0.15) is 64.7 Å². The molecular formula is C17H25F6O5S-. The lowest BCUT2D eigenvalue weighted by Crippen LogP contribution is -2.63. The van der Waals surface area contributed by atoms with Crippen LogP contribution in [0, 0.1) is 0 Å². The zero-order chi connectivity index (χ0) is 22.8. The molecule has 29 heavy (non-hydrogen) atoms. The molecular weight excluding hydrogens is 430 g/mol. The molecule has 0 aromatic rings. The van der Waals surface area contributed by atoms with Gasteiger partial charge >= 0.3 is 23.9 Å². The molecule has 0 spiro atoms. The molecule has 5 nitrogen and oxygen atoms in total. The van der Waals surface area contributed by atoms with Crippen LogP contribution in [0.3, 0.4) is 0 Å². The minimum atomic E-state index is -6.36. The highest BCUT2D eigenvalue weighted by Gasteiger charge is 2.75. The Balaban J connectivity index is 4.82. The molecule has 0 aliphatic heterocycles. The third-order valence-corrected chi connectivity index (χ3v) is 4.81. The smallest absolute Gasteiger partial charge is 0.438 e. The van der Waals surface area contributed by atoms with Crippen molar-refractivity contribution < 1.29 is 48.8 Å². The van der Waals surface area contributed by atoms with E-state index in [4.69, 9.17) is 0 Å². The van der Waals surface area contributed by atoms with Gasteiger partial charge in [0.2, 0.25) is 0 Å². The molecule has 0 aliphatic rings. The molecule has 0 aromatic carbocycles. The SMILES string of the molecule is CCCCCCCCCC/C=C/C(=O)OC(CS(=O)(=O)[O-])(C(F)(F)F)C(F)(F)F. The van der Waals surface area contributed by atoms with Gasteiger partial charge in [-0.15, -0.1) is 0 Å². The summed E-state index contributed by atoms with van der Waals surface area (Å²) in [7, 11) is -6.03. The lowest BCUT2D eigenvalue weighted by molar-refractivity contribution is -0.360. The quantitative estimate of drug-likeness (QED) is 0.128. The average Bonchev–Trinajstić information content (AvgIpc) is 2.52. The molecule has 0 aliphatic carbocycles. The molecule has 12 heteroatoms. The van der Waals surface area contributed by atoms with E-state index in [2.05, 4.69) is 11.7 Å². The number of hydrogen-bond acceptors (Lipinski definition) is 5. The maximum absolute atomic E-state index is 13.0. The van der Waals surface area contributed by atoms with Crippen molar-refractivity contribution >= 4 is 16.1 Å². The highest BCUT2D eigenvalue weighted by Crippen LogP contribution is 2.46. The molecule has 0 saturated carbocycles. The van der Waals surface area contributed by atoms with Gasteiger partial charge in [-0.05, 0) is 12.8 Å². The van der Waals surface area contributed by atoms with Crippen molar-refractivity contribution in [2.45, 2.75) is 82.7 Å². The molecule has 0 unspecified atom stereocenters. The van der Waals surface area contributed by atoms with Crippen molar-refractivity contribution in [2.24, 2.45) is 0 Å². The standard InChI is InChI=1S/C17H26F6O5S/c1-2-3-4-5-6-7-8-9-10-11-12-14(24)28-15(16(18,19)20,17(21,22)23)13-29(25,26)27/h11-12H,2-10,13H2,1H3,(H,25,26,27)/p-1/b12-11+. The zero-order valence-electron chi connectivity index (χ0n) is 15.9. The Hall–Kier alpha value is -1.30. The first-order chi connectivity index (χ1) is 13.2. The number of hydrogen-bond donors (Lipinski definition) is 0. The lowest BCUT2D eigenvalue weighted by atomic mass is 10.1.